The number of piperidine rings is 1. The van der Waals surface area contributed by atoms with Crippen LogP contribution in [0.3, 0.4) is 0 Å². The first kappa shape index (κ1) is 17.2. The van der Waals surface area contributed by atoms with Crippen molar-refractivity contribution in [2.45, 2.75) is 32.3 Å². The average Bonchev–Trinajstić information content (AvgIpc) is 2.98. The van der Waals surface area contributed by atoms with E-state index in [0.29, 0.717) is 19.0 Å². The van der Waals surface area contributed by atoms with E-state index in [-0.39, 0.29) is 12.0 Å². The van der Waals surface area contributed by atoms with Gasteiger partial charge in [-0.1, -0.05) is 18.2 Å². The summed E-state index contributed by atoms with van der Waals surface area (Å²) >= 11 is 0. The maximum Gasteiger partial charge on any atom is 0.234 e. The number of carbonyl (C=O) groups excluding carboxylic acids is 1. The number of hydrogen-bond donors (Lipinski definition) is 2. The summed E-state index contributed by atoms with van der Waals surface area (Å²) < 4.78 is 0. The van der Waals surface area contributed by atoms with Gasteiger partial charge in [-0.05, 0) is 50.3 Å². The van der Waals surface area contributed by atoms with Crippen molar-refractivity contribution in [3.8, 4) is 0 Å². The average molecular weight is 331 g/mol. The van der Waals surface area contributed by atoms with Gasteiger partial charge in [0, 0.05) is 31.9 Å². The van der Waals surface area contributed by atoms with E-state index in [9.17, 15) is 9.90 Å². The van der Waals surface area contributed by atoms with E-state index in [4.69, 9.17) is 0 Å². The summed E-state index contributed by atoms with van der Waals surface area (Å²) in [6.45, 7) is 6.65. The van der Waals surface area contributed by atoms with Crippen molar-refractivity contribution < 1.29 is 9.90 Å². The number of aliphatic hydroxyl groups excluding tert-OH is 1. The molecule has 2 heterocycles. The van der Waals surface area contributed by atoms with Crippen LogP contribution in [0.5, 0.6) is 0 Å². The molecule has 0 bridgehead atoms. The molecule has 1 amide bonds. The third-order valence-electron chi connectivity index (χ3n) is 5.28. The van der Waals surface area contributed by atoms with E-state index in [1.54, 1.807) is 0 Å². The van der Waals surface area contributed by atoms with Crippen LogP contribution < -0.4 is 10.2 Å². The Morgan fingerprint density at radius 1 is 1.38 bits per heavy atom. The minimum absolute atomic E-state index is 0.0914. The second-order valence-corrected chi connectivity index (χ2v) is 7.09. The van der Waals surface area contributed by atoms with Gasteiger partial charge in [-0.15, -0.1) is 0 Å². The predicted molar refractivity (Wildman–Crippen MR) is 96.2 cm³/mol. The van der Waals surface area contributed by atoms with Gasteiger partial charge in [0.15, 0.2) is 0 Å². The number of nitrogens with zero attached hydrogens (tertiary/aromatic N) is 2. The van der Waals surface area contributed by atoms with Crippen LogP contribution in [0.25, 0.3) is 0 Å². The van der Waals surface area contributed by atoms with Crippen molar-refractivity contribution in [3.63, 3.8) is 0 Å². The first-order valence-corrected chi connectivity index (χ1v) is 9.13. The molecule has 0 radical (unpaired) electrons. The van der Waals surface area contributed by atoms with E-state index in [0.717, 1.165) is 45.4 Å². The lowest BCUT2D eigenvalue weighted by Gasteiger charge is -2.33. The van der Waals surface area contributed by atoms with Crippen LogP contribution in [-0.4, -0.2) is 61.3 Å². The summed E-state index contributed by atoms with van der Waals surface area (Å²) in [6, 6.07) is 8.50. The zero-order valence-electron chi connectivity index (χ0n) is 14.6. The van der Waals surface area contributed by atoms with Crippen LogP contribution in [-0.2, 0) is 11.2 Å². The molecule has 24 heavy (non-hydrogen) atoms. The van der Waals surface area contributed by atoms with Crippen molar-refractivity contribution in [3.05, 3.63) is 29.8 Å². The predicted octanol–water partition coefficient (Wildman–Crippen LogP) is 1.26. The molecule has 2 N–H and O–H groups in total. The highest BCUT2D eigenvalue weighted by Gasteiger charge is 2.24. The Morgan fingerprint density at radius 2 is 2.21 bits per heavy atom. The molecule has 1 aromatic carbocycles. The third kappa shape index (κ3) is 4.28. The lowest BCUT2D eigenvalue weighted by Crippen LogP contribution is -2.45. The van der Waals surface area contributed by atoms with E-state index < -0.39 is 0 Å². The van der Waals surface area contributed by atoms with E-state index in [1.165, 1.54) is 11.3 Å². The molecule has 5 nitrogen and oxygen atoms in total. The number of benzene rings is 1. The quantitative estimate of drug-likeness (QED) is 0.824. The van der Waals surface area contributed by atoms with Gasteiger partial charge in [-0.25, -0.2) is 0 Å². The second kappa shape index (κ2) is 7.99. The maximum atomic E-state index is 12.2. The van der Waals surface area contributed by atoms with Crippen LogP contribution in [0.1, 0.15) is 25.3 Å². The highest BCUT2D eigenvalue weighted by Crippen LogP contribution is 2.26. The van der Waals surface area contributed by atoms with Gasteiger partial charge in [-0.3, -0.25) is 9.69 Å². The standard InChI is InChI=1S/C19H29N3O2/c1-15(23)17-6-4-10-21(13-17)14-19(24)20-9-12-22-11-8-16-5-2-3-7-18(16)22/h2-3,5,7,15,17,23H,4,6,8-14H2,1H3,(H,20,24). The molecule has 0 saturated carbocycles. The van der Waals surface area contributed by atoms with Crippen molar-refractivity contribution >= 4 is 11.6 Å². The van der Waals surface area contributed by atoms with Crippen molar-refractivity contribution in [1.29, 1.82) is 0 Å². The topological polar surface area (TPSA) is 55.8 Å². The monoisotopic (exact) mass is 331 g/mol. The number of aliphatic hydroxyl groups is 1. The molecule has 2 atom stereocenters. The largest absolute Gasteiger partial charge is 0.393 e. The van der Waals surface area contributed by atoms with Gasteiger partial charge in [0.2, 0.25) is 5.91 Å². The number of anilines is 1. The van der Waals surface area contributed by atoms with E-state index in [2.05, 4.69) is 39.4 Å². The molecule has 2 unspecified atom stereocenters. The summed E-state index contributed by atoms with van der Waals surface area (Å²) in [6.07, 6.45) is 2.93. The fraction of sp³-hybridized carbons (Fsp3) is 0.632. The van der Waals surface area contributed by atoms with E-state index in [1.807, 2.05) is 6.92 Å². The molecule has 0 aromatic heterocycles. The number of fused-ring (bicyclic) bond motifs is 1. The molecule has 2 aliphatic rings. The fourth-order valence-corrected chi connectivity index (χ4v) is 3.86. The lowest BCUT2D eigenvalue weighted by molar-refractivity contribution is -0.122. The summed E-state index contributed by atoms with van der Waals surface area (Å²) in [7, 11) is 0. The highest BCUT2D eigenvalue weighted by molar-refractivity contribution is 5.78. The zero-order valence-corrected chi connectivity index (χ0v) is 14.6. The van der Waals surface area contributed by atoms with Crippen molar-refractivity contribution in [2.75, 3.05) is 44.2 Å². The van der Waals surface area contributed by atoms with Gasteiger partial charge >= 0.3 is 0 Å². The number of nitrogens with one attached hydrogen (secondary N) is 1. The molecule has 5 heteroatoms. The number of likely N-dealkylation sites (tertiary alicyclic amines) is 1. The maximum absolute atomic E-state index is 12.2. The molecular weight excluding hydrogens is 302 g/mol. The van der Waals surface area contributed by atoms with Crippen LogP contribution in [0.15, 0.2) is 24.3 Å². The highest BCUT2D eigenvalue weighted by atomic mass is 16.3. The number of carbonyl (C=O) groups is 1. The molecule has 1 aromatic rings. The molecular formula is C19H29N3O2. The first-order chi connectivity index (χ1) is 11.6. The molecule has 1 saturated heterocycles. The minimum atomic E-state index is -0.286. The number of rotatable bonds is 6. The van der Waals surface area contributed by atoms with E-state index >= 15 is 0 Å². The Hall–Kier alpha value is -1.59. The normalized spacial score (nSPS) is 22.2. The number of para-hydroxylation sites is 1. The van der Waals surface area contributed by atoms with Gasteiger partial charge in [-0.2, -0.15) is 0 Å². The molecule has 1 fully saturated rings. The summed E-state index contributed by atoms with van der Waals surface area (Å²) in [5.41, 5.74) is 2.71. The summed E-state index contributed by atoms with van der Waals surface area (Å²) in [5, 5.41) is 12.8. The summed E-state index contributed by atoms with van der Waals surface area (Å²) in [4.78, 5) is 16.7. The Labute approximate surface area is 144 Å². The smallest absolute Gasteiger partial charge is 0.234 e. The van der Waals surface area contributed by atoms with Crippen LogP contribution in [0.2, 0.25) is 0 Å². The fourth-order valence-electron chi connectivity index (χ4n) is 3.86. The molecule has 0 aliphatic carbocycles. The Balaban J connectivity index is 1.39. The molecule has 0 spiro atoms. The van der Waals surface area contributed by atoms with Crippen molar-refractivity contribution in [2.24, 2.45) is 5.92 Å². The Morgan fingerprint density at radius 3 is 3.04 bits per heavy atom. The van der Waals surface area contributed by atoms with Crippen LogP contribution >= 0.6 is 0 Å². The SMILES string of the molecule is CC(O)C1CCCN(CC(=O)NCCN2CCc3ccccc32)C1. The third-order valence-corrected chi connectivity index (χ3v) is 5.28. The van der Waals surface area contributed by atoms with Crippen LogP contribution in [0, 0.1) is 5.92 Å². The van der Waals surface area contributed by atoms with Gasteiger partial charge in [0.05, 0.1) is 12.6 Å². The zero-order chi connectivity index (χ0) is 16.9. The first-order valence-electron chi connectivity index (χ1n) is 9.13. The molecule has 3 rings (SSSR count). The minimum Gasteiger partial charge on any atom is -0.393 e. The number of hydrogen-bond acceptors (Lipinski definition) is 4. The number of amides is 1. The lowest BCUT2D eigenvalue weighted by atomic mass is 9.93. The van der Waals surface area contributed by atoms with Crippen LogP contribution in [0.4, 0.5) is 5.69 Å². The van der Waals surface area contributed by atoms with Gasteiger partial charge in [0.25, 0.3) is 0 Å². The van der Waals surface area contributed by atoms with Gasteiger partial charge < -0.3 is 15.3 Å². The van der Waals surface area contributed by atoms with Gasteiger partial charge in [0.1, 0.15) is 0 Å². The summed E-state index contributed by atoms with van der Waals surface area (Å²) in [5.74, 6) is 0.390. The Bertz CT molecular complexity index is 561. The molecule has 2 aliphatic heterocycles. The Kier molecular flexibility index (Phi) is 5.74. The second-order valence-electron chi connectivity index (χ2n) is 7.09. The van der Waals surface area contributed by atoms with Crippen molar-refractivity contribution in [1.82, 2.24) is 10.2 Å². The molecule has 132 valence electrons.